The predicted octanol–water partition coefficient (Wildman–Crippen LogP) is 3.22. The van der Waals surface area contributed by atoms with Gasteiger partial charge in [0.15, 0.2) is 0 Å². The van der Waals surface area contributed by atoms with Gasteiger partial charge in [-0.15, -0.1) is 11.8 Å². The van der Waals surface area contributed by atoms with Gasteiger partial charge in [0.25, 0.3) is 0 Å². The zero-order chi connectivity index (χ0) is 13.3. The molecule has 0 bridgehead atoms. The first-order valence-electron chi connectivity index (χ1n) is 6.58. The first kappa shape index (κ1) is 12.5. The first-order chi connectivity index (χ1) is 9.22. The van der Waals surface area contributed by atoms with Crippen LogP contribution in [0.1, 0.15) is 12.5 Å². The van der Waals surface area contributed by atoms with Crippen LogP contribution >= 0.6 is 11.8 Å². The van der Waals surface area contributed by atoms with Crippen molar-refractivity contribution in [2.75, 3.05) is 5.75 Å². The summed E-state index contributed by atoms with van der Waals surface area (Å²) in [5, 5.41) is 0. The third-order valence-electron chi connectivity index (χ3n) is 3.82. The van der Waals surface area contributed by atoms with E-state index in [1.807, 2.05) is 34.9 Å². The Bertz CT molecular complexity index is 537. The molecule has 1 aromatic carbocycles. The Labute approximate surface area is 118 Å². The maximum Gasteiger partial charge on any atom is 0.248 e. The highest BCUT2D eigenvalue weighted by Gasteiger charge is 2.45. The molecule has 0 saturated heterocycles. The molecule has 0 radical (unpaired) electrons. The van der Waals surface area contributed by atoms with Gasteiger partial charge < -0.3 is 4.90 Å². The van der Waals surface area contributed by atoms with Gasteiger partial charge in [0.05, 0.1) is 0 Å². The average molecular weight is 271 g/mol. The lowest BCUT2D eigenvalue weighted by atomic mass is 9.99. The summed E-state index contributed by atoms with van der Waals surface area (Å²) in [5.41, 5.74) is 1.18. The third-order valence-corrected chi connectivity index (χ3v) is 5.37. The molecule has 1 amide bonds. The highest BCUT2D eigenvalue weighted by atomic mass is 32.2. The van der Waals surface area contributed by atoms with Crippen molar-refractivity contribution in [2.45, 2.75) is 18.3 Å². The van der Waals surface area contributed by atoms with Crippen molar-refractivity contribution < 1.29 is 4.79 Å². The standard InChI is InChI=1S/C16H17NOS/c1-13-6-5-11-19-16(13)10-9-15(18)17(16)12-14-7-3-2-4-8-14/h2-10,13H,11-12H2,1H3/t13-,16-/m0/s1. The van der Waals surface area contributed by atoms with Crippen LogP contribution in [0.15, 0.2) is 54.6 Å². The fraction of sp³-hybridized carbons (Fsp3) is 0.312. The van der Waals surface area contributed by atoms with Crippen molar-refractivity contribution in [3.8, 4) is 0 Å². The van der Waals surface area contributed by atoms with E-state index in [9.17, 15) is 4.79 Å². The quantitative estimate of drug-likeness (QED) is 0.770. The molecule has 0 N–H and O–H groups in total. The van der Waals surface area contributed by atoms with Crippen LogP contribution in [-0.4, -0.2) is 21.4 Å². The second kappa shape index (κ2) is 4.89. The molecule has 0 saturated carbocycles. The van der Waals surface area contributed by atoms with Gasteiger partial charge in [-0.05, 0) is 11.6 Å². The molecule has 0 fully saturated rings. The number of hydrogen-bond acceptors (Lipinski definition) is 2. The number of amides is 1. The average Bonchev–Trinajstić information content (AvgIpc) is 2.74. The molecule has 98 valence electrons. The van der Waals surface area contributed by atoms with Crippen LogP contribution in [0.2, 0.25) is 0 Å². The highest BCUT2D eigenvalue weighted by molar-refractivity contribution is 8.01. The summed E-state index contributed by atoms with van der Waals surface area (Å²) in [4.78, 5) is 14.0. The minimum atomic E-state index is -0.193. The van der Waals surface area contributed by atoms with Crippen molar-refractivity contribution in [3.63, 3.8) is 0 Å². The zero-order valence-corrected chi connectivity index (χ0v) is 11.8. The van der Waals surface area contributed by atoms with Gasteiger partial charge in [-0.1, -0.05) is 49.4 Å². The lowest BCUT2D eigenvalue weighted by molar-refractivity contribution is -0.128. The molecule has 0 unspecified atom stereocenters. The second-order valence-electron chi connectivity index (χ2n) is 5.02. The van der Waals surface area contributed by atoms with Gasteiger partial charge >= 0.3 is 0 Å². The summed E-state index contributed by atoms with van der Waals surface area (Å²) in [6, 6.07) is 10.2. The van der Waals surface area contributed by atoms with Gasteiger partial charge in [0, 0.05) is 24.3 Å². The molecule has 19 heavy (non-hydrogen) atoms. The van der Waals surface area contributed by atoms with E-state index in [1.165, 1.54) is 5.56 Å². The monoisotopic (exact) mass is 271 g/mol. The smallest absolute Gasteiger partial charge is 0.248 e. The van der Waals surface area contributed by atoms with Crippen molar-refractivity contribution in [3.05, 3.63) is 60.2 Å². The van der Waals surface area contributed by atoms with Crippen molar-refractivity contribution in [1.29, 1.82) is 0 Å². The second-order valence-corrected chi connectivity index (χ2v) is 6.30. The van der Waals surface area contributed by atoms with E-state index in [-0.39, 0.29) is 10.8 Å². The van der Waals surface area contributed by atoms with E-state index < -0.39 is 0 Å². The third kappa shape index (κ3) is 2.12. The fourth-order valence-corrected chi connectivity index (χ4v) is 4.03. The minimum Gasteiger partial charge on any atom is -0.316 e. The lowest BCUT2D eigenvalue weighted by Crippen LogP contribution is -2.48. The molecule has 1 spiro atoms. The Morgan fingerprint density at radius 1 is 1.37 bits per heavy atom. The Balaban J connectivity index is 1.90. The van der Waals surface area contributed by atoms with E-state index in [0.717, 1.165) is 5.75 Å². The van der Waals surface area contributed by atoms with E-state index >= 15 is 0 Å². The van der Waals surface area contributed by atoms with Crippen LogP contribution in [0.4, 0.5) is 0 Å². The van der Waals surface area contributed by atoms with Crippen molar-refractivity contribution >= 4 is 17.7 Å². The van der Waals surface area contributed by atoms with Crippen LogP contribution < -0.4 is 0 Å². The molecule has 2 nitrogen and oxygen atoms in total. The molecule has 2 atom stereocenters. The Hall–Kier alpha value is -1.48. The van der Waals surface area contributed by atoms with E-state index in [4.69, 9.17) is 0 Å². The fourth-order valence-electron chi connectivity index (χ4n) is 2.74. The maximum absolute atomic E-state index is 12.2. The predicted molar refractivity (Wildman–Crippen MR) is 79.6 cm³/mol. The molecule has 3 rings (SSSR count). The highest BCUT2D eigenvalue weighted by Crippen LogP contribution is 2.45. The molecule has 2 heterocycles. The largest absolute Gasteiger partial charge is 0.316 e. The number of nitrogens with zero attached hydrogens (tertiary/aromatic N) is 1. The first-order valence-corrected chi connectivity index (χ1v) is 7.56. The zero-order valence-electron chi connectivity index (χ0n) is 11.0. The maximum atomic E-state index is 12.2. The van der Waals surface area contributed by atoms with Gasteiger partial charge in [0.2, 0.25) is 5.91 Å². The lowest BCUT2D eigenvalue weighted by Gasteiger charge is -2.42. The van der Waals surface area contributed by atoms with Crippen molar-refractivity contribution in [1.82, 2.24) is 4.90 Å². The topological polar surface area (TPSA) is 20.3 Å². The summed E-state index contributed by atoms with van der Waals surface area (Å²) in [6.45, 7) is 2.86. The summed E-state index contributed by atoms with van der Waals surface area (Å²) < 4.78 is 0. The van der Waals surface area contributed by atoms with Gasteiger partial charge in [0.1, 0.15) is 4.87 Å². The number of hydrogen-bond donors (Lipinski definition) is 0. The Morgan fingerprint density at radius 3 is 2.89 bits per heavy atom. The molecular weight excluding hydrogens is 254 g/mol. The summed E-state index contributed by atoms with van der Waals surface area (Å²) in [6.07, 6.45) is 8.22. The SMILES string of the molecule is C[C@H]1C=CCS[C@@]12C=CC(=O)N2Cc1ccccc1. The minimum absolute atomic E-state index is 0.124. The number of benzene rings is 1. The molecule has 0 aliphatic carbocycles. The van der Waals surface area contributed by atoms with Crippen LogP contribution in [-0.2, 0) is 11.3 Å². The molecule has 1 aromatic rings. The van der Waals surface area contributed by atoms with Gasteiger partial charge in [-0.2, -0.15) is 0 Å². The molecule has 2 aliphatic heterocycles. The number of carbonyl (C=O) groups is 1. The number of rotatable bonds is 2. The summed E-state index contributed by atoms with van der Waals surface area (Å²) in [7, 11) is 0. The van der Waals surface area contributed by atoms with E-state index in [0.29, 0.717) is 12.5 Å². The van der Waals surface area contributed by atoms with Crippen LogP contribution in [0.5, 0.6) is 0 Å². The van der Waals surface area contributed by atoms with Gasteiger partial charge in [-0.25, -0.2) is 0 Å². The molecule has 2 aliphatic rings. The van der Waals surface area contributed by atoms with Crippen molar-refractivity contribution in [2.24, 2.45) is 5.92 Å². The number of carbonyl (C=O) groups excluding carboxylic acids is 1. The molecule has 0 aromatic heterocycles. The van der Waals surface area contributed by atoms with Gasteiger partial charge in [-0.3, -0.25) is 4.79 Å². The van der Waals surface area contributed by atoms with Crippen LogP contribution in [0, 0.1) is 5.92 Å². The Morgan fingerprint density at radius 2 is 2.16 bits per heavy atom. The van der Waals surface area contributed by atoms with E-state index in [2.05, 4.69) is 37.3 Å². The Kier molecular flexibility index (Phi) is 3.23. The van der Waals surface area contributed by atoms with Crippen LogP contribution in [0.3, 0.4) is 0 Å². The number of thioether (sulfide) groups is 1. The summed E-state index contributed by atoms with van der Waals surface area (Å²) >= 11 is 1.84. The molecule has 3 heteroatoms. The normalized spacial score (nSPS) is 29.4. The van der Waals surface area contributed by atoms with Crippen LogP contribution in [0.25, 0.3) is 0 Å². The van der Waals surface area contributed by atoms with E-state index in [1.54, 1.807) is 6.08 Å². The molecular formula is C16H17NOS. The summed E-state index contributed by atoms with van der Waals surface area (Å²) in [5.74, 6) is 1.43.